The quantitative estimate of drug-likeness (QED) is 0.739. The number of alkyl halides is 2. The number of rotatable bonds is 7. The highest BCUT2D eigenvalue weighted by molar-refractivity contribution is 5.95. The van der Waals surface area contributed by atoms with Crippen LogP contribution in [0.5, 0.6) is 0 Å². The maximum Gasteiger partial charge on any atom is 0.326 e. The first-order valence-electron chi connectivity index (χ1n) is 5.53. The third kappa shape index (κ3) is 4.20. The monoisotopic (exact) mass is 272 g/mol. The Morgan fingerprint density at radius 1 is 1.53 bits per heavy atom. The Bertz CT molecular complexity index is 471. The van der Waals surface area contributed by atoms with Gasteiger partial charge in [0.2, 0.25) is 0 Å². The van der Waals surface area contributed by atoms with Crippen LogP contribution in [-0.4, -0.2) is 34.0 Å². The van der Waals surface area contributed by atoms with Gasteiger partial charge in [-0.25, -0.2) is 13.6 Å². The van der Waals surface area contributed by atoms with Gasteiger partial charge in [-0.2, -0.15) is 0 Å². The number of carboxylic acids is 1. The van der Waals surface area contributed by atoms with Gasteiger partial charge < -0.3 is 15.0 Å². The van der Waals surface area contributed by atoms with E-state index < -0.39 is 30.9 Å². The molecule has 1 aromatic rings. The van der Waals surface area contributed by atoms with E-state index in [0.29, 0.717) is 0 Å². The molecular formula is C12H14F2N2O3. The summed E-state index contributed by atoms with van der Waals surface area (Å²) in [6.07, 6.45) is 0.153. The van der Waals surface area contributed by atoms with Crippen molar-refractivity contribution in [2.45, 2.75) is 25.4 Å². The van der Waals surface area contributed by atoms with Gasteiger partial charge in [0, 0.05) is 6.20 Å². The Balaban J connectivity index is 2.79. The maximum atomic E-state index is 12.3. The normalized spacial score (nSPS) is 12.2. The van der Waals surface area contributed by atoms with Gasteiger partial charge >= 0.3 is 5.97 Å². The van der Waals surface area contributed by atoms with E-state index in [0.717, 1.165) is 4.57 Å². The second-order valence-corrected chi connectivity index (χ2v) is 3.83. The molecule has 0 saturated heterocycles. The molecule has 1 atom stereocenters. The van der Waals surface area contributed by atoms with E-state index >= 15 is 0 Å². The Labute approximate surface area is 108 Å². The summed E-state index contributed by atoms with van der Waals surface area (Å²) in [6.45, 7) is 2.77. The number of nitrogens with zero attached hydrogens (tertiary/aromatic N) is 1. The molecule has 0 aliphatic rings. The molecule has 1 heterocycles. The van der Waals surface area contributed by atoms with Crippen molar-refractivity contribution >= 4 is 11.9 Å². The minimum atomic E-state index is -2.60. The first-order valence-corrected chi connectivity index (χ1v) is 5.53. The van der Waals surface area contributed by atoms with Crippen molar-refractivity contribution in [3.05, 3.63) is 36.7 Å². The second-order valence-electron chi connectivity index (χ2n) is 3.83. The van der Waals surface area contributed by atoms with Crippen LogP contribution in [0, 0.1) is 0 Å². The molecule has 0 aliphatic heterocycles. The van der Waals surface area contributed by atoms with Gasteiger partial charge in [0.25, 0.3) is 12.3 Å². The van der Waals surface area contributed by atoms with E-state index in [2.05, 4.69) is 11.9 Å². The molecule has 0 aromatic carbocycles. The highest BCUT2D eigenvalue weighted by atomic mass is 19.3. The third-order valence-electron chi connectivity index (χ3n) is 2.40. The average Bonchev–Trinajstić information content (AvgIpc) is 2.75. The fraction of sp³-hybridized carbons (Fsp3) is 0.333. The lowest BCUT2D eigenvalue weighted by atomic mass is 10.2. The zero-order valence-corrected chi connectivity index (χ0v) is 10.1. The van der Waals surface area contributed by atoms with Gasteiger partial charge in [0.05, 0.1) is 6.54 Å². The molecule has 5 nitrogen and oxygen atoms in total. The van der Waals surface area contributed by atoms with Crippen molar-refractivity contribution in [1.82, 2.24) is 9.88 Å². The van der Waals surface area contributed by atoms with Gasteiger partial charge in [0.15, 0.2) is 0 Å². The van der Waals surface area contributed by atoms with Crippen LogP contribution in [0.4, 0.5) is 8.78 Å². The average molecular weight is 272 g/mol. The maximum absolute atomic E-state index is 12.3. The van der Waals surface area contributed by atoms with E-state index in [-0.39, 0.29) is 12.1 Å². The van der Waals surface area contributed by atoms with Crippen LogP contribution in [0.2, 0.25) is 0 Å². The van der Waals surface area contributed by atoms with Crippen molar-refractivity contribution in [2.24, 2.45) is 0 Å². The number of carbonyl (C=O) groups is 2. The van der Waals surface area contributed by atoms with Crippen LogP contribution in [0.3, 0.4) is 0 Å². The molecule has 0 fully saturated rings. The third-order valence-corrected chi connectivity index (χ3v) is 2.40. The first kappa shape index (κ1) is 14.9. The van der Waals surface area contributed by atoms with Crippen LogP contribution in [0.15, 0.2) is 31.0 Å². The predicted octanol–water partition coefficient (Wildman–Crippen LogP) is 1.51. The van der Waals surface area contributed by atoms with Crippen LogP contribution >= 0.6 is 0 Å². The molecule has 1 aromatic heterocycles. The molecule has 0 bridgehead atoms. The number of nitrogens with one attached hydrogen (secondary N) is 1. The summed E-state index contributed by atoms with van der Waals surface area (Å²) in [5.74, 6) is -1.92. The van der Waals surface area contributed by atoms with Crippen molar-refractivity contribution in [3.63, 3.8) is 0 Å². The topological polar surface area (TPSA) is 71.3 Å². The minimum absolute atomic E-state index is 0.00406. The standard InChI is InChI=1S/C12H14F2N2O3/c1-2-4-8(12(18)19)15-11(17)9-5-3-6-16(9)7-10(13)14/h2-3,5-6,8,10H,1,4,7H2,(H,15,17)(H,18,19). The van der Waals surface area contributed by atoms with Crippen molar-refractivity contribution in [3.8, 4) is 0 Å². The summed E-state index contributed by atoms with van der Waals surface area (Å²) >= 11 is 0. The van der Waals surface area contributed by atoms with Crippen molar-refractivity contribution in [1.29, 1.82) is 0 Å². The molecule has 0 saturated carbocycles. The smallest absolute Gasteiger partial charge is 0.326 e. The van der Waals surface area contributed by atoms with Crippen molar-refractivity contribution < 1.29 is 23.5 Å². The van der Waals surface area contributed by atoms with E-state index in [1.165, 1.54) is 24.4 Å². The summed E-state index contributed by atoms with van der Waals surface area (Å²) in [6, 6.07) is 1.67. The number of hydrogen-bond donors (Lipinski definition) is 2. The SMILES string of the molecule is C=CCC(NC(=O)c1cccn1CC(F)F)C(=O)O. The highest BCUT2D eigenvalue weighted by Gasteiger charge is 2.21. The zero-order valence-electron chi connectivity index (χ0n) is 10.1. The fourth-order valence-corrected chi connectivity index (χ4v) is 1.55. The lowest BCUT2D eigenvalue weighted by Crippen LogP contribution is -2.41. The summed E-state index contributed by atoms with van der Waals surface area (Å²) < 4.78 is 25.7. The number of carbonyl (C=O) groups excluding carboxylic acids is 1. The van der Waals surface area contributed by atoms with Crippen LogP contribution in [-0.2, 0) is 11.3 Å². The van der Waals surface area contributed by atoms with E-state index in [1.807, 2.05) is 0 Å². The number of halogens is 2. The van der Waals surface area contributed by atoms with Crippen LogP contribution < -0.4 is 5.32 Å². The summed E-state index contributed by atoms with van der Waals surface area (Å²) in [5, 5.41) is 11.1. The number of amides is 1. The Morgan fingerprint density at radius 3 is 2.74 bits per heavy atom. The van der Waals surface area contributed by atoms with Gasteiger partial charge in [-0.15, -0.1) is 6.58 Å². The molecule has 104 valence electrons. The van der Waals surface area contributed by atoms with E-state index in [9.17, 15) is 18.4 Å². The fourth-order valence-electron chi connectivity index (χ4n) is 1.55. The summed E-state index contributed by atoms with van der Waals surface area (Å²) in [4.78, 5) is 22.7. The molecule has 1 unspecified atom stereocenters. The number of aliphatic carboxylic acids is 1. The molecule has 7 heteroatoms. The lowest BCUT2D eigenvalue weighted by Gasteiger charge is -2.14. The lowest BCUT2D eigenvalue weighted by molar-refractivity contribution is -0.139. The minimum Gasteiger partial charge on any atom is -0.480 e. The van der Waals surface area contributed by atoms with Gasteiger partial charge in [0.1, 0.15) is 11.7 Å². The number of carboxylic acid groups (broad SMARTS) is 1. The molecule has 1 amide bonds. The van der Waals surface area contributed by atoms with E-state index in [4.69, 9.17) is 5.11 Å². The first-order chi connectivity index (χ1) is 8.95. The molecule has 0 spiro atoms. The summed E-state index contributed by atoms with van der Waals surface area (Å²) in [7, 11) is 0. The predicted molar refractivity (Wildman–Crippen MR) is 64.1 cm³/mol. The molecule has 1 rings (SSSR count). The van der Waals surface area contributed by atoms with Gasteiger partial charge in [-0.05, 0) is 18.6 Å². The van der Waals surface area contributed by atoms with Crippen molar-refractivity contribution in [2.75, 3.05) is 0 Å². The molecule has 19 heavy (non-hydrogen) atoms. The highest BCUT2D eigenvalue weighted by Crippen LogP contribution is 2.07. The summed E-state index contributed by atoms with van der Waals surface area (Å²) in [5.41, 5.74) is -0.00406. The van der Waals surface area contributed by atoms with Crippen LogP contribution in [0.1, 0.15) is 16.9 Å². The van der Waals surface area contributed by atoms with E-state index in [1.54, 1.807) is 0 Å². The van der Waals surface area contributed by atoms with Gasteiger partial charge in [-0.1, -0.05) is 6.08 Å². The van der Waals surface area contributed by atoms with Crippen LogP contribution in [0.25, 0.3) is 0 Å². The largest absolute Gasteiger partial charge is 0.480 e. The van der Waals surface area contributed by atoms with Gasteiger partial charge in [-0.3, -0.25) is 4.79 Å². The molecular weight excluding hydrogens is 258 g/mol. The molecule has 2 N–H and O–H groups in total. The zero-order chi connectivity index (χ0) is 14.4. The molecule has 0 radical (unpaired) electrons. The number of aromatic nitrogens is 1. The Kier molecular flexibility index (Phi) is 5.23. The molecule has 0 aliphatic carbocycles. The Hall–Kier alpha value is -2.18. The Morgan fingerprint density at radius 2 is 2.21 bits per heavy atom. The second kappa shape index (κ2) is 6.67. The number of hydrogen-bond acceptors (Lipinski definition) is 2.